The Hall–Kier alpha value is -3.75. The predicted molar refractivity (Wildman–Crippen MR) is 111 cm³/mol. The molecule has 0 bridgehead atoms. The van der Waals surface area contributed by atoms with E-state index in [0.29, 0.717) is 48.1 Å². The Morgan fingerprint density at radius 2 is 1.84 bits per heavy atom. The fourth-order valence-corrected chi connectivity index (χ4v) is 3.71. The molecule has 0 spiro atoms. The maximum Gasteiger partial charge on any atom is 0.359 e. The second-order valence-electron chi connectivity index (χ2n) is 7.39. The number of fused-ring (bicyclic) bond motifs is 1. The smallest absolute Gasteiger partial charge is 0.359 e. The summed E-state index contributed by atoms with van der Waals surface area (Å²) in [6.07, 6.45) is 1.06. The van der Waals surface area contributed by atoms with Crippen LogP contribution in [0.3, 0.4) is 0 Å². The van der Waals surface area contributed by atoms with Gasteiger partial charge in [-0.15, -0.1) is 0 Å². The summed E-state index contributed by atoms with van der Waals surface area (Å²) < 4.78 is 17.8. The molecule has 1 aliphatic rings. The van der Waals surface area contributed by atoms with Gasteiger partial charge in [0.15, 0.2) is 5.69 Å². The summed E-state index contributed by atoms with van der Waals surface area (Å²) in [6, 6.07) is 10.6. The first kappa shape index (κ1) is 20.5. The first-order valence-electron chi connectivity index (χ1n) is 9.88. The Morgan fingerprint density at radius 1 is 1.13 bits per heavy atom. The van der Waals surface area contributed by atoms with Gasteiger partial charge in [-0.05, 0) is 55.3 Å². The van der Waals surface area contributed by atoms with E-state index in [2.05, 4.69) is 15.5 Å². The van der Waals surface area contributed by atoms with Crippen molar-refractivity contribution in [2.24, 2.45) is 5.92 Å². The Morgan fingerprint density at radius 3 is 2.52 bits per heavy atom. The molecule has 2 heterocycles. The van der Waals surface area contributed by atoms with Crippen molar-refractivity contribution >= 4 is 34.4 Å². The van der Waals surface area contributed by atoms with Gasteiger partial charge in [0.05, 0.1) is 12.6 Å². The number of H-pyrrole nitrogens is 1. The number of hydrogen-bond acceptors (Lipinski definition) is 5. The number of carbonyl (C=O) groups excluding carboxylic acids is 3. The number of piperidine rings is 1. The van der Waals surface area contributed by atoms with Gasteiger partial charge in [0.25, 0.3) is 5.91 Å². The Kier molecular flexibility index (Phi) is 5.66. The Labute approximate surface area is 177 Å². The van der Waals surface area contributed by atoms with Crippen molar-refractivity contribution in [3.05, 3.63) is 59.5 Å². The lowest BCUT2D eigenvalue weighted by Gasteiger charge is -2.31. The highest BCUT2D eigenvalue weighted by Crippen LogP contribution is 2.24. The van der Waals surface area contributed by atoms with Gasteiger partial charge in [-0.2, -0.15) is 5.10 Å². The molecule has 0 saturated carbocycles. The highest BCUT2D eigenvalue weighted by Gasteiger charge is 2.28. The zero-order valence-corrected chi connectivity index (χ0v) is 16.9. The molecule has 1 fully saturated rings. The largest absolute Gasteiger partial charge is 0.464 e. The number of esters is 1. The number of nitrogens with zero attached hydrogens (tertiary/aromatic N) is 2. The van der Waals surface area contributed by atoms with Gasteiger partial charge >= 0.3 is 5.97 Å². The van der Waals surface area contributed by atoms with Gasteiger partial charge in [-0.3, -0.25) is 14.7 Å². The van der Waals surface area contributed by atoms with Crippen LogP contribution in [-0.4, -0.2) is 53.1 Å². The molecule has 3 aromatic rings. The number of rotatable bonds is 4. The van der Waals surface area contributed by atoms with Crippen molar-refractivity contribution in [1.29, 1.82) is 0 Å². The number of methoxy groups -OCH3 is 1. The molecule has 31 heavy (non-hydrogen) atoms. The summed E-state index contributed by atoms with van der Waals surface area (Å²) in [7, 11) is 1.28. The molecule has 2 aromatic carbocycles. The third kappa shape index (κ3) is 4.25. The number of amides is 2. The van der Waals surface area contributed by atoms with Crippen LogP contribution in [0.15, 0.2) is 42.5 Å². The van der Waals surface area contributed by atoms with E-state index in [1.165, 1.54) is 31.4 Å². The maximum atomic E-state index is 13.1. The van der Waals surface area contributed by atoms with E-state index >= 15 is 0 Å². The minimum Gasteiger partial charge on any atom is -0.464 e. The van der Waals surface area contributed by atoms with Gasteiger partial charge in [-0.25, -0.2) is 9.18 Å². The molecular weight excluding hydrogens is 403 g/mol. The van der Waals surface area contributed by atoms with Crippen LogP contribution < -0.4 is 5.32 Å². The molecule has 1 saturated heterocycles. The van der Waals surface area contributed by atoms with Gasteiger partial charge in [0.2, 0.25) is 5.91 Å². The summed E-state index contributed by atoms with van der Waals surface area (Å²) in [4.78, 5) is 38.8. The number of carbonyl (C=O) groups is 3. The van der Waals surface area contributed by atoms with Crippen molar-refractivity contribution in [3.8, 4) is 0 Å². The predicted octanol–water partition coefficient (Wildman–Crippen LogP) is 2.98. The third-order valence-corrected chi connectivity index (χ3v) is 5.45. The van der Waals surface area contributed by atoms with Crippen molar-refractivity contribution in [1.82, 2.24) is 15.1 Å². The lowest BCUT2D eigenvalue weighted by atomic mass is 9.95. The van der Waals surface area contributed by atoms with Gasteiger partial charge < -0.3 is 15.0 Å². The van der Waals surface area contributed by atoms with E-state index in [-0.39, 0.29) is 29.2 Å². The number of benzene rings is 2. The topological polar surface area (TPSA) is 104 Å². The van der Waals surface area contributed by atoms with Crippen LogP contribution in [0.2, 0.25) is 0 Å². The molecule has 0 unspecified atom stereocenters. The van der Waals surface area contributed by atoms with E-state index < -0.39 is 5.97 Å². The van der Waals surface area contributed by atoms with Crippen LogP contribution in [0.25, 0.3) is 10.9 Å². The molecule has 4 rings (SSSR count). The average Bonchev–Trinajstić information content (AvgIpc) is 3.22. The number of likely N-dealkylation sites (tertiary alicyclic amines) is 1. The lowest BCUT2D eigenvalue weighted by molar-refractivity contribution is -0.121. The van der Waals surface area contributed by atoms with E-state index in [1.807, 2.05) is 0 Å². The van der Waals surface area contributed by atoms with Crippen LogP contribution in [0.4, 0.5) is 10.1 Å². The highest BCUT2D eigenvalue weighted by molar-refractivity contribution is 6.04. The summed E-state index contributed by atoms with van der Waals surface area (Å²) in [5.41, 5.74) is 1.79. The number of anilines is 1. The minimum absolute atomic E-state index is 0.142. The van der Waals surface area contributed by atoms with Crippen molar-refractivity contribution < 1.29 is 23.5 Å². The molecule has 1 aliphatic heterocycles. The third-order valence-electron chi connectivity index (χ3n) is 5.45. The van der Waals surface area contributed by atoms with Gasteiger partial charge in [0.1, 0.15) is 5.82 Å². The molecule has 160 valence electrons. The van der Waals surface area contributed by atoms with E-state index in [0.717, 1.165) is 0 Å². The molecule has 8 nitrogen and oxygen atoms in total. The van der Waals surface area contributed by atoms with Crippen molar-refractivity contribution in [3.63, 3.8) is 0 Å². The number of aromatic nitrogens is 2. The zero-order chi connectivity index (χ0) is 22.0. The van der Waals surface area contributed by atoms with Gasteiger partial charge in [-0.1, -0.05) is 0 Å². The molecule has 2 amide bonds. The van der Waals surface area contributed by atoms with Crippen LogP contribution >= 0.6 is 0 Å². The number of halogens is 1. The first-order chi connectivity index (χ1) is 15.0. The monoisotopic (exact) mass is 424 g/mol. The fourth-order valence-electron chi connectivity index (χ4n) is 3.71. The molecule has 0 radical (unpaired) electrons. The van der Waals surface area contributed by atoms with E-state index in [9.17, 15) is 18.8 Å². The standard InChI is InChI=1S/C22H21FN4O4/c1-31-22(30)19-17-12-16(6-7-18(17)25-26-19)24-20(28)13-8-10-27(11-9-13)21(29)14-2-4-15(23)5-3-14/h2-7,12-13H,8-11H2,1H3,(H,24,28)(H,25,26). The van der Waals surface area contributed by atoms with Crippen LogP contribution in [-0.2, 0) is 9.53 Å². The minimum atomic E-state index is -0.562. The quantitative estimate of drug-likeness (QED) is 0.627. The van der Waals surface area contributed by atoms with Crippen LogP contribution in [0, 0.1) is 11.7 Å². The Bertz CT molecular complexity index is 1130. The molecule has 0 aliphatic carbocycles. The zero-order valence-electron chi connectivity index (χ0n) is 16.9. The Balaban J connectivity index is 1.38. The SMILES string of the molecule is COC(=O)c1n[nH]c2ccc(NC(=O)C3CCN(C(=O)c4ccc(F)cc4)CC3)cc12. The number of nitrogens with one attached hydrogen (secondary N) is 2. The van der Waals surface area contributed by atoms with Crippen molar-refractivity contribution in [2.45, 2.75) is 12.8 Å². The summed E-state index contributed by atoms with van der Waals surface area (Å²) in [6.45, 7) is 0.892. The molecule has 1 aromatic heterocycles. The van der Waals surface area contributed by atoms with Crippen LogP contribution in [0.1, 0.15) is 33.7 Å². The van der Waals surface area contributed by atoms with Crippen LogP contribution in [0.5, 0.6) is 0 Å². The average molecular weight is 424 g/mol. The first-order valence-corrected chi connectivity index (χ1v) is 9.88. The maximum absolute atomic E-state index is 13.1. The second kappa shape index (κ2) is 8.55. The van der Waals surface area contributed by atoms with Gasteiger partial charge in [0, 0.05) is 35.6 Å². The molecule has 2 N–H and O–H groups in total. The fraction of sp³-hybridized carbons (Fsp3) is 0.273. The molecular formula is C22H21FN4O4. The molecule has 9 heteroatoms. The van der Waals surface area contributed by atoms with E-state index in [4.69, 9.17) is 4.74 Å². The highest BCUT2D eigenvalue weighted by atomic mass is 19.1. The summed E-state index contributed by atoms with van der Waals surface area (Å²) in [5.74, 6) is -1.50. The normalized spacial score (nSPS) is 14.5. The number of hydrogen-bond donors (Lipinski definition) is 2. The summed E-state index contributed by atoms with van der Waals surface area (Å²) >= 11 is 0. The number of ether oxygens (including phenoxy) is 1. The second-order valence-corrected chi connectivity index (χ2v) is 7.39. The van der Waals surface area contributed by atoms with Crippen molar-refractivity contribution in [2.75, 3.05) is 25.5 Å². The van der Waals surface area contributed by atoms with E-state index in [1.54, 1.807) is 23.1 Å². The number of aromatic amines is 1. The lowest BCUT2D eigenvalue weighted by Crippen LogP contribution is -2.41. The summed E-state index contributed by atoms with van der Waals surface area (Å²) in [5, 5.41) is 10.2. The molecule has 0 atom stereocenters.